The monoisotopic (exact) mass is 378 g/mol. The fraction of sp³-hybridized carbons (Fsp3) is 0. The van der Waals surface area contributed by atoms with Crippen molar-refractivity contribution in [3.63, 3.8) is 0 Å². The van der Waals surface area contributed by atoms with Gasteiger partial charge in [0.15, 0.2) is 0 Å². The lowest BCUT2D eigenvalue weighted by Crippen LogP contribution is -1.82. The number of hydrogen-bond acceptors (Lipinski definition) is 0. The molecule has 0 fully saturated rings. The number of halogens is 4. The first-order chi connectivity index (χ1) is 4.63. The molecule has 1 aromatic carbocycles. The molecule has 0 saturated carbocycles. The van der Waals surface area contributed by atoms with Gasteiger partial charge in [-0.2, -0.15) is 0 Å². The van der Waals surface area contributed by atoms with Crippen LogP contribution in [0.1, 0.15) is 0 Å². The van der Waals surface area contributed by atoms with E-state index in [0.717, 1.165) is 8.04 Å². The summed E-state index contributed by atoms with van der Waals surface area (Å²) < 4.78 is 15.0. The molecule has 0 saturated heterocycles. The van der Waals surface area contributed by atoms with Crippen molar-refractivity contribution < 1.29 is 4.39 Å². The molecule has 0 aliphatic rings. The second-order valence-corrected chi connectivity index (χ2v) is 4.38. The van der Waals surface area contributed by atoms with Crippen molar-refractivity contribution in [3.05, 3.63) is 30.5 Å². The molecule has 0 atom stereocenters. The Labute approximate surface area is 88.6 Å². The largest absolute Gasteiger partial charge is 0.206 e. The standard InChI is InChI=1S/C6H2Br2FI/c7-3-1-2-4(9)5(8)6(3)10/h1-2H. The zero-order chi connectivity index (χ0) is 7.72. The average molecular weight is 380 g/mol. The molecule has 0 aliphatic heterocycles. The van der Waals surface area contributed by atoms with E-state index < -0.39 is 0 Å². The van der Waals surface area contributed by atoms with Gasteiger partial charge < -0.3 is 0 Å². The summed E-state index contributed by atoms with van der Waals surface area (Å²) in [5.74, 6) is -0.229. The van der Waals surface area contributed by atoms with E-state index in [0.29, 0.717) is 4.47 Å². The number of rotatable bonds is 0. The molecule has 0 heterocycles. The van der Waals surface area contributed by atoms with Crippen LogP contribution in [0.2, 0.25) is 0 Å². The van der Waals surface area contributed by atoms with Crippen LogP contribution in [0.25, 0.3) is 0 Å². The van der Waals surface area contributed by atoms with Crippen molar-refractivity contribution >= 4 is 54.5 Å². The molecule has 4 heteroatoms. The molecule has 0 aliphatic carbocycles. The van der Waals surface area contributed by atoms with Crippen molar-refractivity contribution in [1.82, 2.24) is 0 Å². The zero-order valence-corrected chi connectivity index (χ0v) is 10.00. The molecule has 0 radical (unpaired) electrons. The first-order valence-corrected chi connectivity index (χ1v) is 5.08. The van der Waals surface area contributed by atoms with Crippen LogP contribution in [0.5, 0.6) is 0 Å². The summed E-state index contributed by atoms with van der Waals surface area (Å²) >= 11 is 8.45. The Morgan fingerprint density at radius 3 is 2.40 bits per heavy atom. The second-order valence-electron chi connectivity index (χ2n) is 1.66. The number of hydrogen-bond donors (Lipinski definition) is 0. The third-order valence-corrected chi connectivity index (χ3v) is 5.03. The summed E-state index contributed by atoms with van der Waals surface area (Å²) in [6.07, 6.45) is 0. The van der Waals surface area contributed by atoms with E-state index in [1.807, 2.05) is 0 Å². The van der Waals surface area contributed by atoms with Gasteiger partial charge in [0.05, 0.1) is 4.47 Å². The Hall–Kier alpha value is 0.840. The van der Waals surface area contributed by atoms with Crippen LogP contribution in [0.4, 0.5) is 4.39 Å². The van der Waals surface area contributed by atoms with Crippen molar-refractivity contribution in [3.8, 4) is 0 Å². The number of benzene rings is 1. The molecule has 1 aromatic rings. The van der Waals surface area contributed by atoms with E-state index in [1.165, 1.54) is 6.07 Å². The highest BCUT2D eigenvalue weighted by Gasteiger charge is 2.05. The minimum atomic E-state index is -0.229. The lowest BCUT2D eigenvalue weighted by atomic mass is 10.4. The highest BCUT2D eigenvalue weighted by Crippen LogP contribution is 2.28. The maximum atomic E-state index is 12.7. The topological polar surface area (TPSA) is 0 Å². The van der Waals surface area contributed by atoms with E-state index >= 15 is 0 Å². The third kappa shape index (κ3) is 1.71. The van der Waals surface area contributed by atoms with E-state index in [9.17, 15) is 4.39 Å². The smallest absolute Gasteiger partial charge is 0.138 e. The van der Waals surface area contributed by atoms with Gasteiger partial charge in [0.2, 0.25) is 0 Å². The molecule has 0 N–H and O–H groups in total. The Bertz CT molecular complexity index is 235. The van der Waals surface area contributed by atoms with E-state index in [-0.39, 0.29) is 5.82 Å². The Morgan fingerprint density at radius 1 is 1.30 bits per heavy atom. The summed E-state index contributed by atoms with van der Waals surface area (Å²) in [7, 11) is 0. The molecule has 0 unspecified atom stereocenters. The maximum Gasteiger partial charge on any atom is 0.138 e. The summed E-state index contributed by atoms with van der Waals surface area (Å²) in [5, 5.41) is 0. The maximum absolute atomic E-state index is 12.7. The highest BCUT2D eigenvalue weighted by molar-refractivity contribution is 14.1. The summed E-state index contributed by atoms with van der Waals surface area (Å²) in [5.41, 5.74) is 0. The Morgan fingerprint density at radius 2 is 1.90 bits per heavy atom. The van der Waals surface area contributed by atoms with Crippen LogP contribution < -0.4 is 0 Å². The van der Waals surface area contributed by atoms with Crippen LogP contribution in [0.3, 0.4) is 0 Å². The average Bonchev–Trinajstić information content (AvgIpc) is 1.93. The van der Waals surface area contributed by atoms with Gasteiger partial charge in [-0.05, 0) is 66.6 Å². The van der Waals surface area contributed by atoms with Crippen molar-refractivity contribution in [2.24, 2.45) is 0 Å². The predicted molar refractivity (Wildman–Crippen MR) is 54.5 cm³/mol. The van der Waals surface area contributed by atoms with E-state index in [2.05, 4.69) is 54.5 Å². The third-order valence-electron chi connectivity index (χ3n) is 0.988. The van der Waals surface area contributed by atoms with Crippen molar-refractivity contribution in [1.29, 1.82) is 0 Å². The summed E-state index contributed by atoms with van der Waals surface area (Å²) in [4.78, 5) is 0. The molecule has 0 bridgehead atoms. The minimum absolute atomic E-state index is 0.229. The van der Waals surface area contributed by atoms with Crippen molar-refractivity contribution in [2.75, 3.05) is 0 Å². The van der Waals surface area contributed by atoms with Crippen LogP contribution >= 0.6 is 54.5 Å². The van der Waals surface area contributed by atoms with Gasteiger partial charge in [-0.15, -0.1) is 0 Å². The lowest BCUT2D eigenvalue weighted by Gasteiger charge is -1.98. The molecule has 0 aromatic heterocycles. The Kier molecular flexibility index (Phi) is 3.12. The molecule has 54 valence electrons. The second kappa shape index (κ2) is 3.49. The SMILES string of the molecule is Fc1ccc(Br)c(I)c1Br. The molecule has 0 amide bonds. The van der Waals surface area contributed by atoms with Gasteiger partial charge in [0.25, 0.3) is 0 Å². The fourth-order valence-electron chi connectivity index (χ4n) is 0.502. The molecule has 10 heavy (non-hydrogen) atoms. The summed E-state index contributed by atoms with van der Waals surface area (Å²) in [6.45, 7) is 0. The van der Waals surface area contributed by atoms with Crippen molar-refractivity contribution in [2.45, 2.75) is 0 Å². The van der Waals surface area contributed by atoms with Gasteiger partial charge in [0, 0.05) is 8.04 Å². The minimum Gasteiger partial charge on any atom is -0.206 e. The zero-order valence-electron chi connectivity index (χ0n) is 4.67. The van der Waals surface area contributed by atoms with Crippen LogP contribution in [0.15, 0.2) is 21.1 Å². The molecular formula is C6H2Br2FI. The fourth-order valence-corrected chi connectivity index (χ4v) is 1.88. The van der Waals surface area contributed by atoms with Crippen LogP contribution in [0, 0.1) is 9.39 Å². The van der Waals surface area contributed by atoms with E-state index in [4.69, 9.17) is 0 Å². The van der Waals surface area contributed by atoms with Gasteiger partial charge in [-0.25, -0.2) is 4.39 Å². The highest BCUT2D eigenvalue weighted by atomic mass is 127. The first-order valence-electron chi connectivity index (χ1n) is 2.42. The quantitative estimate of drug-likeness (QED) is 0.364. The van der Waals surface area contributed by atoms with Gasteiger partial charge in [-0.1, -0.05) is 0 Å². The normalized spacial score (nSPS) is 10.0. The predicted octanol–water partition coefficient (Wildman–Crippen LogP) is 3.96. The van der Waals surface area contributed by atoms with Gasteiger partial charge in [0.1, 0.15) is 5.82 Å². The molecular weight excluding hydrogens is 378 g/mol. The first kappa shape index (κ1) is 8.93. The van der Waals surface area contributed by atoms with Gasteiger partial charge in [-0.3, -0.25) is 0 Å². The summed E-state index contributed by atoms with van der Waals surface area (Å²) in [6, 6.07) is 3.10. The van der Waals surface area contributed by atoms with Crippen LogP contribution in [-0.4, -0.2) is 0 Å². The van der Waals surface area contributed by atoms with Crippen LogP contribution in [-0.2, 0) is 0 Å². The molecule has 1 rings (SSSR count). The van der Waals surface area contributed by atoms with E-state index in [1.54, 1.807) is 6.07 Å². The molecule has 0 nitrogen and oxygen atoms in total. The lowest BCUT2D eigenvalue weighted by molar-refractivity contribution is 0.619. The van der Waals surface area contributed by atoms with Gasteiger partial charge >= 0.3 is 0 Å². The Balaban J connectivity index is 3.34. The molecule has 0 spiro atoms.